The largest absolute Gasteiger partial charge is 0.311 e. The lowest BCUT2D eigenvalue weighted by Crippen LogP contribution is -2.48. The van der Waals surface area contributed by atoms with E-state index in [9.17, 15) is 0 Å². The molecule has 0 amide bonds. The van der Waals surface area contributed by atoms with Gasteiger partial charge in [0.15, 0.2) is 0 Å². The van der Waals surface area contributed by atoms with Crippen LogP contribution in [0.5, 0.6) is 0 Å². The van der Waals surface area contributed by atoms with Gasteiger partial charge < -0.3 is 5.32 Å². The quantitative estimate of drug-likeness (QED) is 0.710. The predicted molar refractivity (Wildman–Crippen MR) is 60.4 cm³/mol. The van der Waals surface area contributed by atoms with E-state index in [2.05, 4.69) is 23.2 Å². The molecule has 0 aromatic rings. The van der Waals surface area contributed by atoms with E-state index >= 15 is 0 Å². The van der Waals surface area contributed by atoms with Crippen LogP contribution in [0, 0.1) is 11.3 Å². The Kier molecular flexibility index (Phi) is 3.61. The molecular weight excluding hydrogens is 186 g/mol. The number of nitrogens with zero attached hydrogens (tertiary/aromatic N) is 2. The third kappa shape index (κ3) is 2.50. The first kappa shape index (κ1) is 10.9. The minimum atomic E-state index is 0.609. The molecule has 3 nitrogen and oxygen atoms in total. The van der Waals surface area contributed by atoms with Crippen molar-refractivity contribution in [1.82, 2.24) is 10.2 Å². The SMILES string of the molecule is CCCN(CC#N)C1CC2CCC(C1)N2. The fourth-order valence-corrected chi connectivity index (χ4v) is 3.09. The van der Waals surface area contributed by atoms with E-state index in [-0.39, 0.29) is 0 Å². The van der Waals surface area contributed by atoms with Crippen LogP contribution in [0.2, 0.25) is 0 Å². The molecule has 15 heavy (non-hydrogen) atoms. The fourth-order valence-electron chi connectivity index (χ4n) is 3.09. The first-order valence-electron chi connectivity index (χ1n) is 6.20. The smallest absolute Gasteiger partial charge is 0.0868 e. The number of nitriles is 1. The normalized spacial score (nSPS) is 34.3. The fraction of sp³-hybridized carbons (Fsp3) is 0.917. The van der Waals surface area contributed by atoms with Crippen LogP contribution in [0.15, 0.2) is 0 Å². The van der Waals surface area contributed by atoms with Crippen molar-refractivity contribution >= 4 is 0 Å². The molecule has 0 aliphatic carbocycles. The van der Waals surface area contributed by atoms with Crippen LogP contribution in [0.25, 0.3) is 0 Å². The molecular formula is C12H21N3. The third-order valence-electron chi connectivity index (χ3n) is 3.75. The van der Waals surface area contributed by atoms with Crippen LogP contribution < -0.4 is 5.32 Å². The lowest BCUT2D eigenvalue weighted by atomic mass is 9.98. The molecule has 2 saturated heterocycles. The van der Waals surface area contributed by atoms with Crippen molar-refractivity contribution in [1.29, 1.82) is 5.26 Å². The second-order valence-corrected chi connectivity index (χ2v) is 4.89. The maximum Gasteiger partial charge on any atom is 0.0868 e. The summed E-state index contributed by atoms with van der Waals surface area (Å²) in [5.41, 5.74) is 0. The molecule has 2 rings (SSSR count). The van der Waals surface area contributed by atoms with Gasteiger partial charge in [-0.25, -0.2) is 0 Å². The van der Waals surface area contributed by atoms with Crippen molar-refractivity contribution in [2.75, 3.05) is 13.1 Å². The molecule has 2 atom stereocenters. The molecule has 0 radical (unpaired) electrons. The van der Waals surface area contributed by atoms with Crippen molar-refractivity contribution in [3.8, 4) is 6.07 Å². The average Bonchev–Trinajstić information content (AvgIpc) is 2.57. The van der Waals surface area contributed by atoms with E-state index in [4.69, 9.17) is 5.26 Å². The molecule has 0 aromatic carbocycles. The Hall–Kier alpha value is -0.590. The summed E-state index contributed by atoms with van der Waals surface area (Å²) < 4.78 is 0. The summed E-state index contributed by atoms with van der Waals surface area (Å²) in [6.07, 6.45) is 6.33. The molecule has 0 spiro atoms. The maximum absolute atomic E-state index is 8.83. The number of hydrogen-bond acceptors (Lipinski definition) is 3. The second-order valence-electron chi connectivity index (χ2n) is 4.89. The summed E-state index contributed by atoms with van der Waals surface area (Å²) in [6.45, 7) is 3.88. The van der Waals surface area contributed by atoms with Crippen LogP contribution in [0.1, 0.15) is 39.0 Å². The molecule has 2 fully saturated rings. The highest BCUT2D eigenvalue weighted by Crippen LogP contribution is 2.29. The molecule has 2 aliphatic rings. The van der Waals surface area contributed by atoms with E-state index in [1.165, 1.54) is 25.7 Å². The van der Waals surface area contributed by atoms with Gasteiger partial charge in [0.25, 0.3) is 0 Å². The topological polar surface area (TPSA) is 39.1 Å². The van der Waals surface area contributed by atoms with Crippen LogP contribution in [0.3, 0.4) is 0 Å². The number of nitrogens with one attached hydrogen (secondary N) is 1. The van der Waals surface area contributed by atoms with E-state index in [1.807, 2.05) is 0 Å². The molecule has 2 aliphatic heterocycles. The van der Waals surface area contributed by atoms with Crippen LogP contribution in [0.4, 0.5) is 0 Å². The Morgan fingerprint density at radius 3 is 2.53 bits per heavy atom. The molecule has 2 unspecified atom stereocenters. The lowest BCUT2D eigenvalue weighted by molar-refractivity contribution is 0.157. The summed E-state index contributed by atoms with van der Waals surface area (Å²) in [5.74, 6) is 0. The van der Waals surface area contributed by atoms with Crippen LogP contribution in [-0.2, 0) is 0 Å². The van der Waals surface area contributed by atoms with Gasteiger partial charge in [-0.05, 0) is 38.6 Å². The van der Waals surface area contributed by atoms with Gasteiger partial charge in [0, 0.05) is 18.1 Å². The summed E-state index contributed by atoms with van der Waals surface area (Å²) in [5, 5.41) is 12.5. The van der Waals surface area contributed by atoms with Crippen molar-refractivity contribution < 1.29 is 0 Å². The highest BCUT2D eigenvalue weighted by atomic mass is 15.2. The third-order valence-corrected chi connectivity index (χ3v) is 3.75. The van der Waals surface area contributed by atoms with Gasteiger partial charge in [0.2, 0.25) is 0 Å². The van der Waals surface area contributed by atoms with Gasteiger partial charge in [-0.1, -0.05) is 6.92 Å². The van der Waals surface area contributed by atoms with Gasteiger partial charge in [0.05, 0.1) is 12.6 Å². The predicted octanol–water partition coefficient (Wildman–Crippen LogP) is 1.50. The molecule has 1 N–H and O–H groups in total. The Labute approximate surface area is 92.4 Å². The Balaban J connectivity index is 1.93. The minimum Gasteiger partial charge on any atom is -0.311 e. The summed E-state index contributed by atoms with van der Waals surface area (Å²) >= 11 is 0. The Morgan fingerprint density at radius 1 is 1.33 bits per heavy atom. The molecule has 0 saturated carbocycles. The summed E-state index contributed by atoms with van der Waals surface area (Å²) in [4.78, 5) is 2.38. The van der Waals surface area contributed by atoms with Crippen molar-refractivity contribution in [3.63, 3.8) is 0 Å². The van der Waals surface area contributed by atoms with Crippen LogP contribution in [-0.4, -0.2) is 36.1 Å². The Morgan fingerprint density at radius 2 is 2.00 bits per heavy atom. The van der Waals surface area contributed by atoms with Crippen LogP contribution >= 0.6 is 0 Å². The first-order valence-corrected chi connectivity index (χ1v) is 6.20. The lowest BCUT2D eigenvalue weighted by Gasteiger charge is -2.36. The number of piperidine rings is 1. The summed E-state index contributed by atoms with van der Waals surface area (Å²) in [6, 6.07) is 4.42. The van der Waals surface area contributed by atoms with Gasteiger partial charge >= 0.3 is 0 Å². The monoisotopic (exact) mass is 207 g/mol. The van der Waals surface area contributed by atoms with E-state index < -0.39 is 0 Å². The number of hydrogen-bond donors (Lipinski definition) is 1. The average molecular weight is 207 g/mol. The standard InChI is InChI=1S/C12H21N3/c1-2-6-15(7-5-13)12-8-10-3-4-11(9-12)14-10/h10-12,14H,2-4,6-9H2,1H3. The number of rotatable bonds is 4. The highest BCUT2D eigenvalue weighted by molar-refractivity contribution is 4.96. The Bertz CT molecular complexity index is 234. The first-order chi connectivity index (χ1) is 7.33. The molecule has 84 valence electrons. The molecule has 3 heteroatoms. The van der Waals surface area contributed by atoms with Gasteiger partial charge in [0.1, 0.15) is 0 Å². The summed E-state index contributed by atoms with van der Waals surface area (Å²) in [7, 11) is 0. The number of fused-ring (bicyclic) bond motifs is 2. The van der Waals surface area contributed by atoms with E-state index in [1.54, 1.807) is 0 Å². The zero-order valence-electron chi connectivity index (χ0n) is 9.58. The zero-order valence-corrected chi connectivity index (χ0v) is 9.58. The van der Waals surface area contributed by atoms with Gasteiger partial charge in [-0.3, -0.25) is 4.90 Å². The van der Waals surface area contributed by atoms with Gasteiger partial charge in [-0.15, -0.1) is 0 Å². The second kappa shape index (κ2) is 4.96. The van der Waals surface area contributed by atoms with E-state index in [0.29, 0.717) is 12.6 Å². The highest BCUT2D eigenvalue weighted by Gasteiger charge is 2.35. The van der Waals surface area contributed by atoms with Crippen molar-refractivity contribution in [2.24, 2.45) is 0 Å². The van der Waals surface area contributed by atoms with Crippen molar-refractivity contribution in [2.45, 2.75) is 57.2 Å². The minimum absolute atomic E-state index is 0.609. The zero-order chi connectivity index (χ0) is 10.7. The molecule has 0 aromatic heterocycles. The maximum atomic E-state index is 8.83. The molecule has 2 bridgehead atoms. The van der Waals surface area contributed by atoms with E-state index in [0.717, 1.165) is 25.0 Å². The van der Waals surface area contributed by atoms with Crippen molar-refractivity contribution in [3.05, 3.63) is 0 Å². The van der Waals surface area contributed by atoms with Gasteiger partial charge in [-0.2, -0.15) is 5.26 Å². The molecule has 2 heterocycles.